The van der Waals surface area contributed by atoms with Crippen LogP contribution in [-0.2, 0) is 4.79 Å². The molecule has 0 saturated heterocycles. The predicted octanol–water partition coefficient (Wildman–Crippen LogP) is 2.25. The lowest BCUT2D eigenvalue weighted by molar-refractivity contribution is -0.123. The van der Waals surface area contributed by atoms with Gasteiger partial charge in [-0.25, -0.2) is 0 Å². The van der Waals surface area contributed by atoms with Gasteiger partial charge in [0.1, 0.15) is 5.75 Å². The molecule has 1 aromatic rings. The van der Waals surface area contributed by atoms with Crippen molar-refractivity contribution in [3.63, 3.8) is 0 Å². The van der Waals surface area contributed by atoms with E-state index in [9.17, 15) is 4.79 Å². The van der Waals surface area contributed by atoms with Crippen molar-refractivity contribution in [3.05, 3.63) is 29.8 Å². The molecule has 4 heteroatoms. The normalized spacial score (nSPS) is 14.0. The van der Waals surface area contributed by atoms with Crippen molar-refractivity contribution in [1.29, 1.82) is 0 Å². The number of nitrogens with one attached hydrogen (secondary N) is 1. The molecule has 0 aromatic heterocycles. The van der Waals surface area contributed by atoms with Crippen LogP contribution in [0.4, 0.5) is 0 Å². The number of benzene rings is 1. The molecular weight excluding hydrogens is 240 g/mol. The Kier molecular flexibility index (Phi) is 5.83. The summed E-state index contributed by atoms with van der Waals surface area (Å²) >= 11 is 0. The number of amides is 1. The minimum absolute atomic E-state index is 0.0587. The Balaban J connectivity index is 2.57. The molecule has 0 spiro atoms. The summed E-state index contributed by atoms with van der Waals surface area (Å²) in [5, 5.41) is 2.93. The van der Waals surface area contributed by atoms with E-state index in [-0.39, 0.29) is 11.9 Å². The van der Waals surface area contributed by atoms with E-state index >= 15 is 0 Å². The minimum Gasteiger partial charge on any atom is -0.497 e. The highest BCUT2D eigenvalue weighted by molar-refractivity contribution is 5.81. The van der Waals surface area contributed by atoms with Crippen LogP contribution in [-0.4, -0.2) is 19.1 Å². The zero-order chi connectivity index (χ0) is 14.4. The second kappa shape index (κ2) is 7.14. The standard InChI is InChI=1S/C15H24N2O2/c1-10(2)9-14(16)15(18)17-11(3)12-5-7-13(19-4)8-6-12/h5-8,10-11,14H,9,16H2,1-4H3,(H,17,18)/t11-,14+/m0/s1. The highest BCUT2D eigenvalue weighted by atomic mass is 16.5. The number of rotatable bonds is 6. The third-order valence-electron chi connectivity index (χ3n) is 3.04. The summed E-state index contributed by atoms with van der Waals surface area (Å²) in [6.45, 7) is 6.06. The molecule has 0 radical (unpaired) electrons. The van der Waals surface area contributed by atoms with E-state index in [0.29, 0.717) is 12.3 Å². The molecule has 0 aliphatic rings. The van der Waals surface area contributed by atoms with Crippen LogP contribution in [0.1, 0.15) is 38.8 Å². The summed E-state index contributed by atoms with van der Waals surface area (Å²) in [5.74, 6) is 1.12. The van der Waals surface area contributed by atoms with Crippen molar-refractivity contribution < 1.29 is 9.53 Å². The van der Waals surface area contributed by atoms with Crippen LogP contribution in [0.2, 0.25) is 0 Å². The maximum absolute atomic E-state index is 11.9. The molecule has 1 amide bonds. The van der Waals surface area contributed by atoms with Gasteiger partial charge in [0.05, 0.1) is 19.2 Å². The van der Waals surface area contributed by atoms with Crippen LogP contribution in [0.15, 0.2) is 24.3 Å². The van der Waals surface area contributed by atoms with Gasteiger partial charge in [-0.2, -0.15) is 0 Å². The first-order valence-electron chi connectivity index (χ1n) is 6.64. The van der Waals surface area contributed by atoms with Crippen LogP contribution in [0.25, 0.3) is 0 Å². The Labute approximate surface area is 115 Å². The van der Waals surface area contributed by atoms with Crippen LogP contribution in [0.3, 0.4) is 0 Å². The lowest BCUT2D eigenvalue weighted by Crippen LogP contribution is -2.42. The SMILES string of the molecule is COc1ccc([C@H](C)NC(=O)[C@H](N)CC(C)C)cc1. The van der Waals surface area contributed by atoms with Gasteiger partial charge < -0.3 is 15.8 Å². The Hall–Kier alpha value is -1.55. The highest BCUT2D eigenvalue weighted by Gasteiger charge is 2.17. The smallest absolute Gasteiger partial charge is 0.237 e. The van der Waals surface area contributed by atoms with Crippen LogP contribution < -0.4 is 15.8 Å². The Bertz CT molecular complexity index is 401. The summed E-state index contributed by atoms with van der Waals surface area (Å²) in [7, 11) is 1.63. The maximum Gasteiger partial charge on any atom is 0.237 e. The molecule has 1 rings (SSSR count). The van der Waals surface area contributed by atoms with E-state index in [2.05, 4.69) is 19.2 Å². The summed E-state index contributed by atoms with van der Waals surface area (Å²) in [6.07, 6.45) is 0.696. The van der Waals surface area contributed by atoms with Gasteiger partial charge in [-0.3, -0.25) is 4.79 Å². The van der Waals surface area contributed by atoms with Gasteiger partial charge >= 0.3 is 0 Å². The van der Waals surface area contributed by atoms with Gasteiger partial charge in [0.2, 0.25) is 5.91 Å². The third-order valence-corrected chi connectivity index (χ3v) is 3.04. The van der Waals surface area contributed by atoms with Crippen molar-refractivity contribution >= 4 is 5.91 Å². The van der Waals surface area contributed by atoms with E-state index in [1.807, 2.05) is 31.2 Å². The summed E-state index contributed by atoms with van der Waals surface area (Å²) in [5.41, 5.74) is 6.89. The quantitative estimate of drug-likeness (QED) is 0.828. The molecule has 0 unspecified atom stereocenters. The van der Waals surface area contributed by atoms with Crippen LogP contribution >= 0.6 is 0 Å². The topological polar surface area (TPSA) is 64.3 Å². The number of hydrogen-bond donors (Lipinski definition) is 2. The summed E-state index contributed by atoms with van der Waals surface area (Å²) in [6, 6.07) is 7.14. The molecule has 106 valence electrons. The molecule has 0 aliphatic carbocycles. The molecule has 3 N–H and O–H groups in total. The molecule has 0 heterocycles. The van der Waals surface area contributed by atoms with Crippen molar-refractivity contribution in [2.24, 2.45) is 11.7 Å². The van der Waals surface area contributed by atoms with E-state index in [1.165, 1.54) is 0 Å². The Morgan fingerprint density at radius 3 is 2.32 bits per heavy atom. The lowest BCUT2D eigenvalue weighted by atomic mass is 10.0. The third kappa shape index (κ3) is 4.91. The number of nitrogens with two attached hydrogens (primary N) is 1. The number of methoxy groups -OCH3 is 1. The lowest BCUT2D eigenvalue weighted by Gasteiger charge is -2.19. The average molecular weight is 264 g/mol. The van der Waals surface area contributed by atoms with Crippen molar-refractivity contribution in [1.82, 2.24) is 5.32 Å². The van der Waals surface area contributed by atoms with Gasteiger partial charge in [0, 0.05) is 0 Å². The second-order valence-corrected chi connectivity index (χ2v) is 5.24. The molecule has 0 aliphatic heterocycles. The van der Waals surface area contributed by atoms with E-state index in [1.54, 1.807) is 7.11 Å². The molecule has 0 saturated carbocycles. The molecular formula is C15H24N2O2. The van der Waals surface area contributed by atoms with Gasteiger partial charge in [-0.05, 0) is 37.0 Å². The first-order chi connectivity index (χ1) is 8.93. The fourth-order valence-corrected chi connectivity index (χ4v) is 1.91. The fourth-order valence-electron chi connectivity index (χ4n) is 1.91. The first-order valence-corrected chi connectivity index (χ1v) is 6.64. The molecule has 4 nitrogen and oxygen atoms in total. The summed E-state index contributed by atoms with van der Waals surface area (Å²) < 4.78 is 5.10. The Morgan fingerprint density at radius 1 is 1.26 bits per heavy atom. The molecule has 19 heavy (non-hydrogen) atoms. The largest absolute Gasteiger partial charge is 0.497 e. The van der Waals surface area contributed by atoms with Gasteiger partial charge in [0.15, 0.2) is 0 Å². The number of carbonyl (C=O) groups excluding carboxylic acids is 1. The Morgan fingerprint density at radius 2 is 1.84 bits per heavy atom. The van der Waals surface area contributed by atoms with Crippen LogP contribution in [0.5, 0.6) is 5.75 Å². The van der Waals surface area contributed by atoms with E-state index in [4.69, 9.17) is 10.5 Å². The highest BCUT2D eigenvalue weighted by Crippen LogP contribution is 2.17. The van der Waals surface area contributed by atoms with E-state index < -0.39 is 6.04 Å². The maximum atomic E-state index is 11.9. The van der Waals surface area contributed by atoms with Gasteiger partial charge in [-0.15, -0.1) is 0 Å². The number of ether oxygens (including phenoxy) is 1. The van der Waals surface area contributed by atoms with Crippen molar-refractivity contribution in [2.75, 3.05) is 7.11 Å². The summed E-state index contributed by atoms with van der Waals surface area (Å²) in [4.78, 5) is 11.9. The molecule has 2 atom stereocenters. The minimum atomic E-state index is -0.444. The average Bonchev–Trinajstić information content (AvgIpc) is 2.37. The fraction of sp³-hybridized carbons (Fsp3) is 0.533. The monoisotopic (exact) mass is 264 g/mol. The van der Waals surface area contributed by atoms with Gasteiger partial charge in [0.25, 0.3) is 0 Å². The molecule has 1 aromatic carbocycles. The van der Waals surface area contributed by atoms with Crippen molar-refractivity contribution in [3.8, 4) is 5.75 Å². The zero-order valence-electron chi connectivity index (χ0n) is 12.1. The molecule has 0 bridgehead atoms. The first kappa shape index (κ1) is 15.5. The molecule has 0 fully saturated rings. The second-order valence-electron chi connectivity index (χ2n) is 5.24. The van der Waals surface area contributed by atoms with Gasteiger partial charge in [-0.1, -0.05) is 26.0 Å². The number of carbonyl (C=O) groups is 1. The van der Waals surface area contributed by atoms with Crippen LogP contribution in [0, 0.1) is 5.92 Å². The predicted molar refractivity (Wildman–Crippen MR) is 77.0 cm³/mol. The number of hydrogen-bond acceptors (Lipinski definition) is 3. The zero-order valence-corrected chi connectivity index (χ0v) is 12.1. The van der Waals surface area contributed by atoms with E-state index in [0.717, 1.165) is 11.3 Å². The van der Waals surface area contributed by atoms with Crippen molar-refractivity contribution in [2.45, 2.75) is 39.3 Å².